The van der Waals surface area contributed by atoms with E-state index < -0.39 is 192 Å². The van der Waals surface area contributed by atoms with Crippen molar-refractivity contribution in [3.8, 4) is 0 Å². The highest BCUT2D eigenvalue weighted by Crippen LogP contribution is 2.70. The fourth-order valence-electron chi connectivity index (χ4n) is 16.2. The van der Waals surface area contributed by atoms with E-state index in [0.717, 1.165) is 32.1 Å². The van der Waals surface area contributed by atoms with E-state index in [0.29, 0.717) is 43.4 Å². The Labute approximate surface area is 486 Å². The van der Waals surface area contributed by atoms with E-state index >= 15 is 0 Å². The molecule has 0 amide bonds. The smallest absolute Gasteiger partial charge is 0.187 e. The molecule has 28 nitrogen and oxygen atoms in total. The van der Waals surface area contributed by atoms with Gasteiger partial charge in [-0.1, -0.05) is 39.3 Å². The highest BCUT2D eigenvalue weighted by Gasteiger charge is 2.68. The van der Waals surface area contributed by atoms with Gasteiger partial charge in [-0.3, -0.25) is 0 Å². The average molecular weight is 1210 g/mol. The standard InChI is InChI=1S/C56H92O28/c1-21(19-74-49-43(70)39(66)36(63)30(15-57)77-49)7-12-56(73)22(2)34-29(84-56)14-27-25-6-5-23-13-24(8-10-54(23,3)26(25)9-11-55(27,34)4)76-51-45(72)41(68)46(33(18-60)80-51)81-53-48(83-52-44(71)40(67)37(64)31(16-58)78-52)47(38(65)32(17-59)79-53)82-50-42(69)35(62)28(61)20-75-50/h5,21-22,24-53,57-73H,6-20H2,1-4H3/t21-,22-,24-,25+,26-,27-,28+,29-,30+,31+,32+,33+,34-,35-,36+,37+,38+,39-,40-,41+,42+,43+,44+,45+,46-,47-,48+,49+,50-,51+,52-,53-,54-,55-,56+/m0/s1. The number of allylic oxidation sites excluding steroid dienone is 1. The van der Waals surface area contributed by atoms with Crippen molar-refractivity contribution in [1.82, 2.24) is 0 Å². The van der Waals surface area contributed by atoms with Gasteiger partial charge in [-0.2, -0.15) is 0 Å². The maximum absolute atomic E-state index is 12.1. The van der Waals surface area contributed by atoms with Gasteiger partial charge >= 0.3 is 0 Å². The summed E-state index contributed by atoms with van der Waals surface area (Å²) in [6.07, 6.45) is -32.5. The predicted octanol–water partition coefficient (Wildman–Crippen LogP) is -5.57. The molecule has 0 bridgehead atoms. The molecule has 10 rings (SSSR count). The lowest BCUT2D eigenvalue weighted by atomic mass is 9.47. The second-order valence-corrected chi connectivity index (χ2v) is 26.2. The van der Waals surface area contributed by atoms with Crippen LogP contribution in [0.25, 0.3) is 0 Å². The first-order chi connectivity index (χ1) is 39.8. The van der Waals surface area contributed by atoms with Gasteiger partial charge in [-0.05, 0) is 91.8 Å². The van der Waals surface area contributed by atoms with Crippen LogP contribution < -0.4 is 0 Å². The number of rotatable bonds is 18. The summed E-state index contributed by atoms with van der Waals surface area (Å²) in [5, 5.41) is 182. The van der Waals surface area contributed by atoms with Crippen molar-refractivity contribution in [2.45, 2.75) is 251 Å². The maximum atomic E-state index is 12.1. The van der Waals surface area contributed by atoms with E-state index in [1.165, 1.54) is 5.57 Å². The zero-order valence-electron chi connectivity index (χ0n) is 47.8. The van der Waals surface area contributed by atoms with Crippen LogP contribution in [0.5, 0.6) is 0 Å². The van der Waals surface area contributed by atoms with E-state index in [-0.39, 0.29) is 41.3 Å². The number of ether oxygens (including phenoxy) is 11. The van der Waals surface area contributed by atoms with Crippen LogP contribution >= 0.6 is 0 Å². The Morgan fingerprint density at radius 3 is 1.81 bits per heavy atom. The summed E-state index contributed by atoms with van der Waals surface area (Å²) in [7, 11) is 0. The second kappa shape index (κ2) is 26.1. The molecule has 4 aliphatic carbocycles. The number of aliphatic hydroxyl groups excluding tert-OH is 16. The van der Waals surface area contributed by atoms with E-state index in [1.807, 2.05) is 6.92 Å². The lowest BCUT2D eigenvalue weighted by molar-refractivity contribution is -0.403. The van der Waals surface area contributed by atoms with Crippen LogP contribution in [0.2, 0.25) is 0 Å². The van der Waals surface area contributed by atoms with Crippen molar-refractivity contribution in [3.63, 3.8) is 0 Å². The van der Waals surface area contributed by atoms with Crippen molar-refractivity contribution < 1.29 is 139 Å². The van der Waals surface area contributed by atoms with Gasteiger partial charge in [0, 0.05) is 12.3 Å². The summed E-state index contributed by atoms with van der Waals surface area (Å²) >= 11 is 0. The van der Waals surface area contributed by atoms with Crippen LogP contribution in [0.15, 0.2) is 11.6 Å². The number of fused-ring (bicyclic) bond motifs is 7. The highest BCUT2D eigenvalue weighted by atomic mass is 16.8. The molecule has 6 saturated heterocycles. The van der Waals surface area contributed by atoms with Crippen LogP contribution in [-0.2, 0) is 52.1 Å². The molecule has 0 aromatic rings. The van der Waals surface area contributed by atoms with Gasteiger partial charge in [0.05, 0.1) is 51.8 Å². The Bertz CT molecular complexity index is 2200. The van der Waals surface area contributed by atoms with E-state index in [9.17, 15) is 86.8 Å². The topological polar surface area (TPSA) is 445 Å². The minimum Gasteiger partial charge on any atom is -0.394 e. The number of aliphatic hydroxyl groups is 17. The minimum absolute atomic E-state index is 0.0857. The zero-order chi connectivity index (χ0) is 60.6. The molecule has 0 spiro atoms. The van der Waals surface area contributed by atoms with E-state index in [1.54, 1.807) is 0 Å². The Kier molecular flexibility index (Phi) is 20.4. The highest BCUT2D eigenvalue weighted by molar-refractivity contribution is 5.26. The molecule has 84 heavy (non-hydrogen) atoms. The van der Waals surface area contributed by atoms with Gasteiger partial charge < -0.3 is 139 Å². The van der Waals surface area contributed by atoms with Gasteiger partial charge in [-0.15, -0.1) is 0 Å². The van der Waals surface area contributed by atoms with Crippen molar-refractivity contribution in [1.29, 1.82) is 0 Å². The van der Waals surface area contributed by atoms with Gasteiger partial charge in [-0.25, -0.2) is 0 Å². The van der Waals surface area contributed by atoms with E-state index in [4.69, 9.17) is 52.1 Å². The predicted molar refractivity (Wildman–Crippen MR) is 278 cm³/mol. The van der Waals surface area contributed by atoms with E-state index in [2.05, 4.69) is 26.8 Å². The fraction of sp³-hybridized carbons (Fsp3) is 0.964. The Morgan fingerprint density at radius 2 is 1.14 bits per heavy atom. The van der Waals surface area contributed by atoms with Crippen LogP contribution in [-0.4, -0.2) is 292 Å². The molecule has 484 valence electrons. The quantitative estimate of drug-likeness (QED) is 0.0569. The molecule has 3 saturated carbocycles. The molecule has 0 aromatic carbocycles. The number of hydrogen-bond donors (Lipinski definition) is 17. The maximum Gasteiger partial charge on any atom is 0.187 e. The Hall–Kier alpha value is -1.38. The fourth-order valence-corrected chi connectivity index (χ4v) is 16.2. The second-order valence-electron chi connectivity index (χ2n) is 26.2. The molecule has 10 aliphatic rings. The SMILES string of the molecule is C[C@@H](CC[C@@]1(O)O[C@H]2C[C@H]3[C@@H]4CC=C5C[C@@H](O[C@@H]6O[C@H](CO)[C@H](O[C@@H]7O[C@H](CO)[C@@H](O)[C@H](O[C@@H]8OC[C@@H](O)[C@H](O)[C@H]8O)[C@H]7O[C@@H]7O[C@H](CO)[C@@H](O)[C@H](O)[C@H]7O)[C@H](O)[C@H]6O)CC[C@]5(C)[C@H]4CC[C@]3(C)[C@H]2[C@@H]1C)CO[C@@H]1O[C@H](CO)[C@@H](O)[C@H](O)[C@H]1O. The van der Waals surface area contributed by atoms with Crippen LogP contribution in [0, 0.1) is 46.3 Å². The molecule has 0 unspecified atom stereocenters. The molecular weight excluding hydrogens is 1120 g/mol. The van der Waals surface area contributed by atoms with Crippen molar-refractivity contribution >= 4 is 0 Å². The van der Waals surface area contributed by atoms with Gasteiger partial charge in [0.2, 0.25) is 0 Å². The molecule has 28 heteroatoms. The van der Waals surface area contributed by atoms with Gasteiger partial charge in [0.1, 0.15) is 116 Å². The third kappa shape index (κ3) is 12.0. The van der Waals surface area contributed by atoms with Crippen LogP contribution in [0.3, 0.4) is 0 Å². The summed E-state index contributed by atoms with van der Waals surface area (Å²) in [4.78, 5) is 0. The third-order valence-corrected chi connectivity index (χ3v) is 21.3. The molecule has 17 N–H and O–H groups in total. The van der Waals surface area contributed by atoms with Crippen molar-refractivity contribution in [2.75, 3.05) is 39.6 Å². The number of hydrogen-bond acceptors (Lipinski definition) is 28. The summed E-state index contributed by atoms with van der Waals surface area (Å²) in [6.45, 7) is 5.17. The normalized spacial score (nSPS) is 54.4. The molecular formula is C56H92O28. The largest absolute Gasteiger partial charge is 0.394 e. The zero-order valence-corrected chi connectivity index (χ0v) is 47.8. The first kappa shape index (κ1) is 65.6. The lowest BCUT2D eigenvalue weighted by Gasteiger charge is -2.58. The first-order valence-corrected chi connectivity index (χ1v) is 30.0. The van der Waals surface area contributed by atoms with Crippen molar-refractivity contribution in [3.05, 3.63) is 11.6 Å². The molecule has 9 fully saturated rings. The van der Waals surface area contributed by atoms with Crippen LogP contribution in [0.4, 0.5) is 0 Å². The first-order valence-electron chi connectivity index (χ1n) is 30.0. The van der Waals surface area contributed by atoms with Crippen molar-refractivity contribution in [2.24, 2.45) is 46.3 Å². The molecule has 0 radical (unpaired) electrons. The van der Waals surface area contributed by atoms with Crippen LogP contribution in [0.1, 0.15) is 85.5 Å². The summed E-state index contributed by atoms with van der Waals surface area (Å²) < 4.78 is 65.8. The average Bonchev–Trinajstić information content (AvgIpc) is 2.08. The monoisotopic (exact) mass is 1210 g/mol. The molecule has 35 atom stereocenters. The summed E-state index contributed by atoms with van der Waals surface area (Å²) in [6, 6.07) is 0. The molecule has 6 aliphatic heterocycles. The summed E-state index contributed by atoms with van der Waals surface area (Å²) in [5.74, 6) is -0.410. The third-order valence-electron chi connectivity index (χ3n) is 21.3. The lowest BCUT2D eigenvalue weighted by Crippen LogP contribution is -2.68. The van der Waals surface area contributed by atoms with Gasteiger partial charge in [0.15, 0.2) is 37.2 Å². The molecule has 0 aromatic heterocycles. The summed E-state index contributed by atoms with van der Waals surface area (Å²) in [5.41, 5.74) is 0.974. The Balaban J connectivity index is 0.772. The minimum atomic E-state index is -2.03. The Morgan fingerprint density at radius 1 is 0.583 bits per heavy atom. The van der Waals surface area contributed by atoms with Gasteiger partial charge in [0.25, 0.3) is 0 Å². The molecule has 6 heterocycles.